The normalized spacial score (nSPS) is 16.0. The second-order valence-corrected chi connectivity index (χ2v) is 6.92. The molecule has 1 saturated heterocycles. The molecule has 1 amide bonds. The molecule has 1 fully saturated rings. The van der Waals surface area contributed by atoms with Crippen LogP contribution in [-0.4, -0.2) is 49.6 Å². The van der Waals surface area contributed by atoms with Gasteiger partial charge < -0.3 is 10.6 Å². The third kappa shape index (κ3) is 4.14. The minimum Gasteiger partial charge on any atom is -0.337 e. The average molecular weight is 398 g/mol. The number of likely N-dealkylation sites (tertiary alicyclic amines) is 1. The molecule has 29 heavy (non-hydrogen) atoms. The highest BCUT2D eigenvalue weighted by Gasteiger charge is 2.36. The first-order valence-electron chi connectivity index (χ1n) is 9.31. The summed E-state index contributed by atoms with van der Waals surface area (Å²) in [7, 11) is 0. The van der Waals surface area contributed by atoms with Gasteiger partial charge in [-0.25, -0.2) is 23.4 Å². The van der Waals surface area contributed by atoms with E-state index in [1.54, 1.807) is 10.9 Å². The summed E-state index contributed by atoms with van der Waals surface area (Å²) in [5, 5.41) is 4.18. The van der Waals surface area contributed by atoms with Gasteiger partial charge in [0.15, 0.2) is 5.82 Å². The number of benzene rings is 1. The van der Waals surface area contributed by atoms with Crippen molar-refractivity contribution in [3.8, 4) is 17.1 Å². The molecule has 7 nitrogen and oxygen atoms in total. The van der Waals surface area contributed by atoms with E-state index in [0.717, 1.165) is 11.3 Å². The van der Waals surface area contributed by atoms with Gasteiger partial charge in [0.2, 0.25) is 0 Å². The summed E-state index contributed by atoms with van der Waals surface area (Å²) < 4.78 is 28.5. The maximum Gasteiger partial charge on any atom is 0.272 e. The molecule has 0 atom stereocenters. The molecule has 2 N–H and O–H groups in total. The van der Waals surface area contributed by atoms with E-state index in [4.69, 9.17) is 5.73 Å². The van der Waals surface area contributed by atoms with E-state index in [1.807, 2.05) is 36.5 Å². The van der Waals surface area contributed by atoms with Crippen LogP contribution in [-0.2, 0) is 6.54 Å². The molecular weight excluding hydrogens is 378 g/mol. The van der Waals surface area contributed by atoms with Gasteiger partial charge in [0.1, 0.15) is 5.69 Å². The quantitative estimate of drug-likeness (QED) is 0.730. The Hall–Kier alpha value is -3.20. The molecule has 0 bridgehead atoms. The van der Waals surface area contributed by atoms with Crippen LogP contribution in [0.25, 0.3) is 17.1 Å². The molecule has 0 aliphatic carbocycles. The Balaban J connectivity index is 1.61. The molecule has 0 spiro atoms. The van der Waals surface area contributed by atoms with Gasteiger partial charge in [-0.05, 0) is 36.4 Å². The van der Waals surface area contributed by atoms with Gasteiger partial charge in [-0.1, -0.05) is 0 Å². The molecule has 1 aliphatic heterocycles. The first-order chi connectivity index (χ1) is 13.9. The van der Waals surface area contributed by atoms with Crippen LogP contribution in [0.15, 0.2) is 48.8 Å². The number of hydrogen-bond acceptors (Lipinski definition) is 5. The number of carbonyl (C=O) groups is 1. The van der Waals surface area contributed by atoms with Gasteiger partial charge in [0.25, 0.3) is 11.8 Å². The first kappa shape index (κ1) is 19.1. The summed E-state index contributed by atoms with van der Waals surface area (Å²) >= 11 is 0. The highest BCUT2D eigenvalue weighted by atomic mass is 19.3. The third-order valence-corrected chi connectivity index (χ3v) is 4.88. The molecule has 0 radical (unpaired) electrons. The van der Waals surface area contributed by atoms with E-state index in [9.17, 15) is 13.6 Å². The highest BCUT2D eigenvalue weighted by Crippen LogP contribution is 2.28. The van der Waals surface area contributed by atoms with Crippen LogP contribution >= 0.6 is 0 Å². The summed E-state index contributed by atoms with van der Waals surface area (Å²) in [4.78, 5) is 23.0. The molecule has 4 rings (SSSR count). The predicted molar refractivity (Wildman–Crippen MR) is 103 cm³/mol. The van der Waals surface area contributed by atoms with E-state index in [2.05, 4.69) is 15.1 Å². The second kappa shape index (κ2) is 7.67. The van der Waals surface area contributed by atoms with Gasteiger partial charge in [0, 0.05) is 50.4 Å². The average Bonchev–Trinajstić information content (AvgIpc) is 3.28. The SMILES string of the molecule is NCc1cc(C(=O)N2CCC(F)(F)CC2)nc(-c2ccc(-n3cccn3)cc2)n1. The summed E-state index contributed by atoms with van der Waals surface area (Å²) in [6.07, 6.45) is 2.85. The fourth-order valence-corrected chi connectivity index (χ4v) is 3.22. The number of nitrogens with two attached hydrogens (primary N) is 1. The molecular formula is C20H20F2N6O. The lowest BCUT2D eigenvalue weighted by Gasteiger charge is -2.31. The second-order valence-electron chi connectivity index (χ2n) is 6.92. The van der Waals surface area contributed by atoms with Crippen molar-refractivity contribution >= 4 is 5.91 Å². The van der Waals surface area contributed by atoms with Crippen molar-refractivity contribution in [3.05, 3.63) is 60.2 Å². The number of amides is 1. The van der Waals surface area contributed by atoms with Crippen LogP contribution in [0, 0.1) is 0 Å². The molecule has 3 aromatic rings. The molecule has 0 unspecified atom stereocenters. The molecule has 150 valence electrons. The minimum atomic E-state index is -2.72. The monoisotopic (exact) mass is 398 g/mol. The van der Waals surface area contributed by atoms with Gasteiger partial charge in [-0.2, -0.15) is 5.10 Å². The zero-order valence-corrected chi connectivity index (χ0v) is 15.6. The van der Waals surface area contributed by atoms with Crippen LogP contribution < -0.4 is 5.73 Å². The standard InChI is InChI=1S/C20H20F2N6O/c21-20(22)6-10-27(11-7-20)19(29)17-12-15(13-23)25-18(26-17)14-2-4-16(5-3-14)28-9-1-8-24-28/h1-5,8-9,12H,6-7,10-11,13,23H2. The summed E-state index contributed by atoms with van der Waals surface area (Å²) in [6, 6.07) is 10.8. The summed E-state index contributed by atoms with van der Waals surface area (Å²) in [5.41, 5.74) is 8.01. The number of halogens is 2. The van der Waals surface area contributed by atoms with Crippen molar-refractivity contribution in [1.29, 1.82) is 0 Å². The van der Waals surface area contributed by atoms with Crippen molar-refractivity contribution in [2.45, 2.75) is 25.3 Å². The number of rotatable bonds is 4. The third-order valence-electron chi connectivity index (χ3n) is 4.88. The van der Waals surface area contributed by atoms with E-state index >= 15 is 0 Å². The number of alkyl halides is 2. The van der Waals surface area contributed by atoms with Crippen LogP contribution in [0.5, 0.6) is 0 Å². The molecule has 1 aromatic carbocycles. The van der Waals surface area contributed by atoms with Crippen LogP contribution in [0.3, 0.4) is 0 Å². The Morgan fingerprint density at radius 3 is 2.48 bits per heavy atom. The van der Waals surface area contributed by atoms with Gasteiger partial charge in [-0.3, -0.25) is 4.79 Å². The summed E-state index contributed by atoms with van der Waals surface area (Å²) in [6.45, 7) is 0.141. The van der Waals surface area contributed by atoms with Gasteiger partial charge in [0.05, 0.1) is 11.4 Å². The Morgan fingerprint density at radius 2 is 1.86 bits per heavy atom. The molecule has 2 aromatic heterocycles. The zero-order valence-electron chi connectivity index (χ0n) is 15.6. The fraction of sp³-hybridized carbons (Fsp3) is 0.300. The Bertz CT molecular complexity index is 994. The van der Waals surface area contributed by atoms with Crippen LogP contribution in [0.1, 0.15) is 29.0 Å². The number of nitrogens with zero attached hydrogens (tertiary/aromatic N) is 5. The molecule has 1 aliphatic rings. The van der Waals surface area contributed by atoms with E-state index in [1.165, 1.54) is 11.0 Å². The topological polar surface area (TPSA) is 89.9 Å². The zero-order chi connectivity index (χ0) is 20.4. The molecule has 3 heterocycles. The van der Waals surface area contributed by atoms with Crippen molar-refractivity contribution in [1.82, 2.24) is 24.6 Å². The van der Waals surface area contributed by atoms with Crippen LogP contribution in [0.2, 0.25) is 0 Å². The first-order valence-corrected chi connectivity index (χ1v) is 9.31. The summed E-state index contributed by atoms with van der Waals surface area (Å²) in [5.74, 6) is -2.73. The van der Waals surface area contributed by atoms with Crippen molar-refractivity contribution in [3.63, 3.8) is 0 Å². The lowest BCUT2D eigenvalue weighted by molar-refractivity contribution is -0.0495. The maximum atomic E-state index is 13.4. The number of aromatic nitrogens is 4. The van der Waals surface area contributed by atoms with Gasteiger partial charge >= 0.3 is 0 Å². The van der Waals surface area contributed by atoms with Crippen molar-refractivity contribution in [2.24, 2.45) is 5.73 Å². The lowest BCUT2D eigenvalue weighted by atomic mass is 10.1. The van der Waals surface area contributed by atoms with Crippen LogP contribution in [0.4, 0.5) is 8.78 Å². The number of piperidine rings is 1. The number of hydrogen-bond donors (Lipinski definition) is 1. The smallest absolute Gasteiger partial charge is 0.272 e. The van der Waals surface area contributed by atoms with E-state index in [-0.39, 0.29) is 44.1 Å². The Morgan fingerprint density at radius 1 is 1.14 bits per heavy atom. The van der Waals surface area contributed by atoms with E-state index in [0.29, 0.717) is 11.5 Å². The Labute approximate surface area is 166 Å². The van der Waals surface area contributed by atoms with Crippen molar-refractivity contribution < 1.29 is 13.6 Å². The minimum absolute atomic E-state index is 0.00168. The van der Waals surface area contributed by atoms with Gasteiger partial charge in [-0.15, -0.1) is 0 Å². The van der Waals surface area contributed by atoms with E-state index < -0.39 is 5.92 Å². The number of carbonyl (C=O) groups excluding carboxylic acids is 1. The highest BCUT2D eigenvalue weighted by molar-refractivity contribution is 5.93. The largest absolute Gasteiger partial charge is 0.337 e. The molecule has 9 heteroatoms. The Kier molecular flexibility index (Phi) is 5.06. The lowest BCUT2D eigenvalue weighted by Crippen LogP contribution is -2.43. The molecule has 0 saturated carbocycles. The fourth-order valence-electron chi connectivity index (χ4n) is 3.22. The predicted octanol–water partition coefficient (Wildman–Crippen LogP) is 2.66. The van der Waals surface area contributed by atoms with Crippen molar-refractivity contribution in [2.75, 3.05) is 13.1 Å². The maximum absolute atomic E-state index is 13.4.